The van der Waals surface area contributed by atoms with Gasteiger partial charge in [-0.15, -0.1) is 0 Å². The third-order valence-electron chi connectivity index (χ3n) is 0.0833. The number of hydrogen-bond acceptors (Lipinski definition) is 1. The van der Waals surface area contributed by atoms with E-state index in [1.54, 1.807) is 0 Å². The van der Waals surface area contributed by atoms with Gasteiger partial charge in [-0.25, -0.2) is 12.7 Å². The summed E-state index contributed by atoms with van der Waals surface area (Å²) in [6, 6.07) is 0. The second kappa shape index (κ2) is 8.92. The Morgan fingerprint density at radius 2 is 2.00 bits per heavy atom. The largest absolute Gasteiger partial charge is 0.419 e. The van der Waals surface area contributed by atoms with E-state index >= 15 is 0 Å². The van der Waals surface area contributed by atoms with Crippen molar-refractivity contribution in [3.8, 4) is 0 Å². The van der Waals surface area contributed by atoms with Crippen molar-refractivity contribution in [1.82, 2.24) is 0 Å². The molecular weight excluding hydrogens is 99.9 g/mol. The van der Waals surface area contributed by atoms with Crippen molar-refractivity contribution in [1.29, 1.82) is 0 Å². The van der Waals surface area contributed by atoms with Crippen LogP contribution in [0.5, 0.6) is 0 Å². The first kappa shape index (κ1) is 8.93. The van der Waals surface area contributed by atoms with Crippen LogP contribution in [0.4, 0.5) is 0 Å². The van der Waals surface area contributed by atoms with Gasteiger partial charge >= 0.3 is 0 Å². The van der Waals surface area contributed by atoms with Gasteiger partial charge in [0, 0.05) is 21.7 Å². The fraction of sp³-hybridized carbons (Fsp3) is 0. The van der Waals surface area contributed by atoms with Crippen LogP contribution >= 0.6 is 0 Å². The van der Waals surface area contributed by atoms with Crippen LogP contribution in [0.2, 0.25) is 0 Å². The molecule has 0 spiro atoms. The molecule has 2 heteroatoms. The summed E-state index contributed by atoms with van der Waals surface area (Å²) in [4.78, 5) is 8.93. The number of carbonyl (C=O) groups excluding carboxylic acids is 1. The molecule has 26 valence electrons. The summed E-state index contributed by atoms with van der Waals surface area (Å²) in [7, 11) is 0. The van der Waals surface area contributed by atoms with Crippen LogP contribution < -0.4 is 0 Å². The first-order chi connectivity index (χ1) is 1.91. The standard InChI is InChI=1S/C3H3O.Ti/c1-2-3-4;/h2H,1H2;/q-1;. The second-order valence-corrected chi connectivity index (χ2v) is 0.322. The van der Waals surface area contributed by atoms with Gasteiger partial charge in [-0.3, -0.25) is 0 Å². The molecule has 1 nitrogen and oxygen atoms in total. The van der Waals surface area contributed by atoms with Crippen molar-refractivity contribution < 1.29 is 26.5 Å². The van der Waals surface area contributed by atoms with Gasteiger partial charge in [0.1, 0.15) is 0 Å². The summed E-state index contributed by atoms with van der Waals surface area (Å²) in [5.41, 5.74) is 0. The maximum Gasteiger partial charge on any atom is 0 e. The molecule has 0 aromatic heterocycles. The second-order valence-electron chi connectivity index (χ2n) is 0.322. The smallest absolute Gasteiger partial charge is 0 e. The van der Waals surface area contributed by atoms with E-state index in [1.807, 2.05) is 0 Å². The van der Waals surface area contributed by atoms with Gasteiger partial charge in [-0.2, -0.15) is 0 Å². The van der Waals surface area contributed by atoms with Crippen molar-refractivity contribution in [2.75, 3.05) is 0 Å². The summed E-state index contributed by atoms with van der Waals surface area (Å²) in [5, 5.41) is 0. The van der Waals surface area contributed by atoms with Crippen molar-refractivity contribution in [3.05, 3.63) is 12.7 Å². The molecule has 0 saturated carbocycles. The fourth-order valence-electron chi connectivity index (χ4n) is 0. The van der Waals surface area contributed by atoms with Gasteiger partial charge in [0.2, 0.25) is 0 Å². The van der Waals surface area contributed by atoms with Crippen LogP contribution in [0.3, 0.4) is 0 Å². The Kier molecular flexibility index (Phi) is 15.9. The number of hydrogen-bond donors (Lipinski definition) is 0. The van der Waals surface area contributed by atoms with E-state index in [4.69, 9.17) is 4.79 Å². The molecule has 0 atom stereocenters. The minimum atomic E-state index is 0. The van der Waals surface area contributed by atoms with E-state index in [9.17, 15) is 0 Å². The Bertz CT molecular complexity index is 27.9. The van der Waals surface area contributed by atoms with Gasteiger partial charge < -0.3 is 4.79 Å². The van der Waals surface area contributed by atoms with Crippen LogP contribution in [-0.2, 0) is 26.5 Å². The number of allylic oxidation sites excluding steroid dienone is 1. The summed E-state index contributed by atoms with van der Waals surface area (Å²) < 4.78 is 0. The van der Waals surface area contributed by atoms with Crippen molar-refractivity contribution in [2.45, 2.75) is 0 Å². The minimum Gasteiger partial charge on any atom is -0.419 e. The van der Waals surface area contributed by atoms with Gasteiger partial charge in [0.15, 0.2) is 0 Å². The van der Waals surface area contributed by atoms with Crippen molar-refractivity contribution in [2.24, 2.45) is 0 Å². The van der Waals surface area contributed by atoms with E-state index in [2.05, 4.69) is 6.58 Å². The Morgan fingerprint density at radius 3 is 2.00 bits per heavy atom. The summed E-state index contributed by atoms with van der Waals surface area (Å²) in [6.07, 6.45) is 2.51. The molecular formula is C3H3OTi-. The molecule has 0 amide bonds. The summed E-state index contributed by atoms with van der Waals surface area (Å²) in [5.74, 6) is 0. The summed E-state index contributed by atoms with van der Waals surface area (Å²) in [6.45, 7) is 3.06. The Balaban J connectivity index is 0. The normalized spacial score (nSPS) is 4.00. The quantitative estimate of drug-likeness (QED) is 0.264. The van der Waals surface area contributed by atoms with Gasteiger partial charge in [-0.1, -0.05) is 0 Å². The first-order valence-corrected chi connectivity index (χ1v) is 0.901. The average Bonchev–Trinajstić information content (AvgIpc) is 1.37. The van der Waals surface area contributed by atoms with E-state index in [-0.39, 0.29) is 21.7 Å². The van der Waals surface area contributed by atoms with E-state index in [0.29, 0.717) is 0 Å². The zero-order valence-electron chi connectivity index (χ0n) is 2.69. The van der Waals surface area contributed by atoms with Gasteiger partial charge in [0.05, 0.1) is 0 Å². The van der Waals surface area contributed by atoms with Crippen LogP contribution in [0.25, 0.3) is 0 Å². The number of rotatable bonds is 1. The fourth-order valence-corrected chi connectivity index (χ4v) is 0. The molecule has 0 aromatic rings. The minimum absolute atomic E-state index is 0. The third-order valence-corrected chi connectivity index (χ3v) is 0.0833. The summed E-state index contributed by atoms with van der Waals surface area (Å²) >= 11 is 0. The molecule has 0 bridgehead atoms. The molecule has 0 saturated heterocycles. The van der Waals surface area contributed by atoms with E-state index < -0.39 is 0 Å². The molecule has 0 aliphatic heterocycles. The van der Waals surface area contributed by atoms with Crippen LogP contribution in [-0.4, -0.2) is 6.29 Å². The topological polar surface area (TPSA) is 17.1 Å². The van der Waals surface area contributed by atoms with Crippen LogP contribution in [0.15, 0.2) is 12.7 Å². The molecule has 0 aliphatic rings. The molecule has 0 aliphatic carbocycles. The Labute approximate surface area is 45.9 Å². The molecule has 0 unspecified atom stereocenters. The molecule has 0 N–H and O–H groups in total. The third kappa shape index (κ3) is 14.7. The van der Waals surface area contributed by atoms with Crippen molar-refractivity contribution in [3.63, 3.8) is 0 Å². The van der Waals surface area contributed by atoms with Gasteiger partial charge in [-0.05, 0) is 6.29 Å². The zero-order chi connectivity index (χ0) is 3.41. The Hall–Kier alpha value is 0.124. The van der Waals surface area contributed by atoms with Crippen molar-refractivity contribution >= 4 is 6.29 Å². The van der Waals surface area contributed by atoms with E-state index in [1.165, 1.54) is 6.29 Å². The monoisotopic (exact) mass is 103 g/mol. The first-order valence-electron chi connectivity index (χ1n) is 0.901. The maximum atomic E-state index is 8.93. The SMILES string of the molecule is C=C[C-]=O.[Ti]. The predicted octanol–water partition coefficient (Wildman–Crippen LogP) is 0.280. The van der Waals surface area contributed by atoms with Gasteiger partial charge in [0.25, 0.3) is 0 Å². The molecule has 0 heterocycles. The zero-order valence-corrected chi connectivity index (χ0v) is 4.25. The van der Waals surface area contributed by atoms with Crippen LogP contribution in [0.1, 0.15) is 0 Å². The Morgan fingerprint density at radius 1 is 1.80 bits per heavy atom. The average molecular weight is 103 g/mol. The predicted molar refractivity (Wildman–Crippen MR) is 15.9 cm³/mol. The molecule has 0 rings (SSSR count). The molecule has 5 heavy (non-hydrogen) atoms. The molecule has 0 fully saturated rings. The molecule has 0 radical (unpaired) electrons. The maximum absolute atomic E-state index is 8.93. The van der Waals surface area contributed by atoms with E-state index in [0.717, 1.165) is 6.08 Å². The molecule has 0 aromatic carbocycles. The van der Waals surface area contributed by atoms with Crippen LogP contribution in [0, 0.1) is 0 Å².